The zero-order valence-electron chi connectivity index (χ0n) is 10.8. The van der Waals surface area contributed by atoms with Crippen LogP contribution in [0.1, 0.15) is 23.2 Å². The number of rotatable bonds is 6. The predicted octanol–water partition coefficient (Wildman–Crippen LogP) is 1.37. The molecule has 1 aliphatic carbocycles. The summed E-state index contributed by atoms with van der Waals surface area (Å²) in [6.45, 7) is 1.22. The van der Waals surface area contributed by atoms with Gasteiger partial charge in [0.05, 0.1) is 12.2 Å². The first-order chi connectivity index (χ1) is 8.76. The van der Waals surface area contributed by atoms with E-state index in [1.54, 1.807) is 20.4 Å². The number of hydrogen-bond acceptors (Lipinski definition) is 4. The molecule has 1 saturated carbocycles. The minimum Gasteiger partial charge on any atom is -0.383 e. The molecule has 1 aromatic rings. The molecule has 0 saturated heterocycles. The molecule has 18 heavy (non-hydrogen) atoms. The van der Waals surface area contributed by atoms with Crippen molar-refractivity contribution in [3.63, 3.8) is 0 Å². The van der Waals surface area contributed by atoms with Crippen LogP contribution in [-0.4, -0.2) is 49.1 Å². The number of nitrogens with zero attached hydrogens (tertiary/aromatic N) is 2. The summed E-state index contributed by atoms with van der Waals surface area (Å²) in [4.78, 5) is 18.4. The molecular formula is C13H19N3O2. The molecule has 0 spiro atoms. The lowest BCUT2D eigenvalue weighted by molar-refractivity contribution is 0.0680. The molecular weight excluding hydrogens is 230 g/mol. The van der Waals surface area contributed by atoms with Gasteiger partial charge in [-0.3, -0.25) is 4.79 Å². The topological polar surface area (TPSA) is 54.5 Å². The fourth-order valence-corrected chi connectivity index (χ4v) is 1.86. The van der Waals surface area contributed by atoms with E-state index >= 15 is 0 Å². The highest BCUT2D eigenvalue weighted by molar-refractivity contribution is 5.94. The number of hydrogen-bond donors (Lipinski definition) is 1. The Morgan fingerprint density at radius 3 is 2.83 bits per heavy atom. The van der Waals surface area contributed by atoms with Crippen molar-refractivity contribution in [3.8, 4) is 0 Å². The van der Waals surface area contributed by atoms with E-state index in [-0.39, 0.29) is 5.91 Å². The molecule has 5 heteroatoms. The molecule has 1 heterocycles. The molecule has 0 bridgehead atoms. The van der Waals surface area contributed by atoms with E-state index in [0.717, 1.165) is 18.7 Å². The highest BCUT2D eigenvalue weighted by atomic mass is 16.5. The average Bonchev–Trinajstić information content (AvgIpc) is 3.24. The van der Waals surface area contributed by atoms with Crippen LogP contribution in [0.2, 0.25) is 0 Å². The Bertz CT molecular complexity index is 401. The van der Waals surface area contributed by atoms with E-state index < -0.39 is 0 Å². The van der Waals surface area contributed by atoms with Crippen LogP contribution in [0, 0.1) is 0 Å². The normalized spacial score (nSPS) is 14.3. The van der Waals surface area contributed by atoms with Crippen molar-refractivity contribution in [1.29, 1.82) is 0 Å². The Morgan fingerprint density at radius 1 is 1.56 bits per heavy atom. The molecule has 2 rings (SSSR count). The Kier molecular flexibility index (Phi) is 4.15. The highest BCUT2D eigenvalue weighted by Crippen LogP contribution is 2.28. The van der Waals surface area contributed by atoms with Gasteiger partial charge in [-0.1, -0.05) is 0 Å². The highest BCUT2D eigenvalue weighted by Gasteiger charge is 2.32. The third-order valence-electron chi connectivity index (χ3n) is 3.05. The van der Waals surface area contributed by atoms with E-state index in [1.807, 2.05) is 17.0 Å². The van der Waals surface area contributed by atoms with Gasteiger partial charge in [0.2, 0.25) is 0 Å². The van der Waals surface area contributed by atoms with Gasteiger partial charge in [-0.15, -0.1) is 0 Å². The monoisotopic (exact) mass is 249 g/mol. The molecule has 1 aromatic heterocycles. The number of carbonyl (C=O) groups is 1. The minimum absolute atomic E-state index is 0.0460. The average molecular weight is 249 g/mol. The van der Waals surface area contributed by atoms with Gasteiger partial charge in [0, 0.05) is 32.9 Å². The van der Waals surface area contributed by atoms with Crippen molar-refractivity contribution < 1.29 is 9.53 Å². The van der Waals surface area contributed by atoms with Crippen LogP contribution < -0.4 is 5.32 Å². The fourth-order valence-electron chi connectivity index (χ4n) is 1.86. The summed E-state index contributed by atoms with van der Waals surface area (Å²) < 4.78 is 5.05. The summed E-state index contributed by atoms with van der Waals surface area (Å²) in [7, 11) is 3.46. The second-order valence-corrected chi connectivity index (χ2v) is 4.40. The first-order valence-electron chi connectivity index (χ1n) is 6.20. The maximum Gasteiger partial charge on any atom is 0.255 e. The van der Waals surface area contributed by atoms with Gasteiger partial charge in [0.1, 0.15) is 5.82 Å². The van der Waals surface area contributed by atoms with Crippen LogP contribution in [0.3, 0.4) is 0 Å². The van der Waals surface area contributed by atoms with Gasteiger partial charge in [0.25, 0.3) is 5.91 Å². The molecule has 1 amide bonds. The number of amides is 1. The third-order valence-corrected chi connectivity index (χ3v) is 3.05. The van der Waals surface area contributed by atoms with E-state index in [9.17, 15) is 4.79 Å². The fraction of sp³-hybridized carbons (Fsp3) is 0.538. The van der Waals surface area contributed by atoms with Crippen molar-refractivity contribution in [1.82, 2.24) is 9.88 Å². The molecule has 1 N–H and O–H groups in total. The zero-order chi connectivity index (χ0) is 13.0. The molecule has 0 aromatic carbocycles. The molecule has 0 atom stereocenters. The quantitative estimate of drug-likeness (QED) is 0.827. The Labute approximate surface area is 107 Å². The lowest BCUT2D eigenvalue weighted by Crippen LogP contribution is -2.35. The lowest BCUT2D eigenvalue weighted by atomic mass is 10.2. The lowest BCUT2D eigenvalue weighted by Gasteiger charge is -2.22. The van der Waals surface area contributed by atoms with Crippen molar-refractivity contribution in [2.24, 2.45) is 0 Å². The Hall–Kier alpha value is -1.62. The first kappa shape index (κ1) is 12.8. The van der Waals surface area contributed by atoms with Crippen LogP contribution in [0.4, 0.5) is 5.82 Å². The molecule has 0 aliphatic heterocycles. The summed E-state index contributed by atoms with van der Waals surface area (Å²) in [5.74, 6) is 0.811. The molecule has 0 radical (unpaired) electrons. The number of methoxy groups -OCH3 is 1. The van der Waals surface area contributed by atoms with Gasteiger partial charge < -0.3 is 15.0 Å². The van der Waals surface area contributed by atoms with Crippen LogP contribution >= 0.6 is 0 Å². The van der Waals surface area contributed by atoms with Crippen molar-refractivity contribution in [2.45, 2.75) is 18.9 Å². The summed E-state index contributed by atoms with van der Waals surface area (Å²) in [6, 6.07) is 4.01. The van der Waals surface area contributed by atoms with Crippen LogP contribution in [0.25, 0.3) is 0 Å². The minimum atomic E-state index is 0.0460. The summed E-state index contributed by atoms with van der Waals surface area (Å²) in [5.41, 5.74) is 0.636. The van der Waals surface area contributed by atoms with Crippen molar-refractivity contribution in [2.75, 3.05) is 32.6 Å². The van der Waals surface area contributed by atoms with Crippen molar-refractivity contribution in [3.05, 3.63) is 23.9 Å². The standard InChI is InChI=1S/C13H19N3O2/c1-14-12-6-3-10(9-15-12)13(17)16(7-8-18-2)11-4-5-11/h3,6,9,11H,4-5,7-8H2,1-2H3,(H,14,15). The maximum atomic E-state index is 12.3. The second kappa shape index (κ2) is 5.82. The van der Waals surface area contributed by atoms with Gasteiger partial charge >= 0.3 is 0 Å². The first-order valence-corrected chi connectivity index (χ1v) is 6.20. The van der Waals surface area contributed by atoms with E-state index in [4.69, 9.17) is 4.74 Å². The van der Waals surface area contributed by atoms with Gasteiger partial charge in [-0.2, -0.15) is 0 Å². The molecule has 5 nitrogen and oxygen atoms in total. The number of carbonyl (C=O) groups excluding carboxylic acids is 1. The van der Waals surface area contributed by atoms with E-state index in [1.165, 1.54) is 0 Å². The van der Waals surface area contributed by atoms with Crippen LogP contribution in [-0.2, 0) is 4.74 Å². The number of ether oxygens (including phenoxy) is 1. The van der Waals surface area contributed by atoms with Gasteiger partial charge in [0.15, 0.2) is 0 Å². The Balaban J connectivity index is 2.06. The van der Waals surface area contributed by atoms with Crippen LogP contribution in [0.15, 0.2) is 18.3 Å². The van der Waals surface area contributed by atoms with Crippen LogP contribution in [0.5, 0.6) is 0 Å². The van der Waals surface area contributed by atoms with Crippen molar-refractivity contribution >= 4 is 11.7 Å². The largest absolute Gasteiger partial charge is 0.383 e. The third kappa shape index (κ3) is 2.98. The molecule has 1 fully saturated rings. The Morgan fingerprint density at radius 2 is 2.33 bits per heavy atom. The maximum absolute atomic E-state index is 12.3. The summed E-state index contributed by atoms with van der Waals surface area (Å²) in [6.07, 6.45) is 3.81. The summed E-state index contributed by atoms with van der Waals surface area (Å²) >= 11 is 0. The number of pyridine rings is 1. The second-order valence-electron chi connectivity index (χ2n) is 4.40. The smallest absolute Gasteiger partial charge is 0.255 e. The number of anilines is 1. The number of aromatic nitrogens is 1. The van der Waals surface area contributed by atoms with E-state index in [0.29, 0.717) is 24.8 Å². The molecule has 0 unspecified atom stereocenters. The molecule has 1 aliphatic rings. The van der Waals surface area contributed by atoms with E-state index in [2.05, 4.69) is 10.3 Å². The SMILES string of the molecule is CNc1ccc(C(=O)N(CCOC)C2CC2)cn1. The van der Waals surface area contributed by atoms with Gasteiger partial charge in [-0.25, -0.2) is 4.98 Å². The molecule has 98 valence electrons. The summed E-state index contributed by atoms with van der Waals surface area (Å²) in [5, 5.41) is 2.94. The number of nitrogens with one attached hydrogen (secondary N) is 1. The van der Waals surface area contributed by atoms with Gasteiger partial charge in [-0.05, 0) is 25.0 Å². The predicted molar refractivity (Wildman–Crippen MR) is 69.7 cm³/mol. The zero-order valence-corrected chi connectivity index (χ0v) is 10.8.